The Morgan fingerprint density at radius 2 is 2.10 bits per heavy atom. The molecule has 1 N–H and O–H groups in total. The Balaban J connectivity index is 1.99. The Bertz CT molecular complexity index is 678. The number of nitro benzene ring substituents is 1. The summed E-state index contributed by atoms with van der Waals surface area (Å²) in [6, 6.07) is 9.01. The summed E-state index contributed by atoms with van der Waals surface area (Å²) in [6.45, 7) is -0.379. The van der Waals surface area contributed by atoms with Gasteiger partial charge in [0.05, 0.1) is 10.6 Å². The highest BCUT2D eigenvalue weighted by Crippen LogP contribution is 2.25. The van der Waals surface area contributed by atoms with Gasteiger partial charge in [-0.2, -0.15) is 0 Å². The van der Waals surface area contributed by atoms with Crippen LogP contribution in [0.25, 0.3) is 0 Å². The third-order valence-corrected chi connectivity index (χ3v) is 2.76. The largest absolute Gasteiger partial charge is 0.477 e. The zero-order valence-corrected chi connectivity index (χ0v) is 11.4. The molecule has 1 aromatic carbocycles. The van der Waals surface area contributed by atoms with Gasteiger partial charge in [0.15, 0.2) is 17.5 Å². The fourth-order valence-electron chi connectivity index (χ4n) is 1.54. The molecule has 0 saturated heterocycles. The molecule has 7 nitrogen and oxygen atoms in total. The molecule has 8 heteroatoms. The number of carbonyl (C=O) groups excluding carboxylic acids is 1. The van der Waals surface area contributed by atoms with Gasteiger partial charge in [-0.25, -0.2) is 4.98 Å². The Labute approximate surface area is 124 Å². The van der Waals surface area contributed by atoms with Crippen molar-refractivity contribution in [1.29, 1.82) is 0 Å². The van der Waals surface area contributed by atoms with Crippen LogP contribution in [0, 0.1) is 10.1 Å². The van der Waals surface area contributed by atoms with Crippen molar-refractivity contribution in [3.8, 4) is 5.75 Å². The molecule has 0 aliphatic carbocycles. The maximum atomic E-state index is 11.7. The summed E-state index contributed by atoms with van der Waals surface area (Å²) in [5, 5.41) is 13.5. The number of para-hydroxylation sites is 2. The van der Waals surface area contributed by atoms with E-state index in [-0.39, 0.29) is 23.2 Å². The number of hydrogen-bond donors (Lipinski definition) is 1. The first kappa shape index (κ1) is 14.7. The van der Waals surface area contributed by atoms with Crippen LogP contribution in [0.2, 0.25) is 5.15 Å². The third kappa shape index (κ3) is 3.90. The third-order valence-electron chi connectivity index (χ3n) is 2.45. The highest BCUT2D eigenvalue weighted by atomic mass is 35.5. The Morgan fingerprint density at radius 1 is 1.33 bits per heavy atom. The van der Waals surface area contributed by atoms with Crippen molar-refractivity contribution in [2.45, 2.75) is 0 Å². The molecule has 1 heterocycles. The second-order valence-electron chi connectivity index (χ2n) is 3.90. The van der Waals surface area contributed by atoms with E-state index in [1.807, 2.05) is 0 Å². The van der Waals surface area contributed by atoms with Gasteiger partial charge in [0.25, 0.3) is 5.91 Å². The quantitative estimate of drug-likeness (QED) is 0.520. The van der Waals surface area contributed by atoms with Gasteiger partial charge in [0.1, 0.15) is 0 Å². The summed E-state index contributed by atoms with van der Waals surface area (Å²) in [5.41, 5.74) is 0.139. The summed E-state index contributed by atoms with van der Waals surface area (Å²) in [4.78, 5) is 25.8. The number of benzene rings is 1. The lowest BCUT2D eigenvalue weighted by Gasteiger charge is -2.08. The highest BCUT2D eigenvalue weighted by Gasteiger charge is 2.15. The SMILES string of the molecule is O=C(COc1ccccc1[N+](=O)[O-])Nc1cccnc1Cl. The van der Waals surface area contributed by atoms with Gasteiger partial charge >= 0.3 is 5.69 Å². The van der Waals surface area contributed by atoms with Crippen molar-refractivity contribution in [3.63, 3.8) is 0 Å². The van der Waals surface area contributed by atoms with Gasteiger partial charge in [-0.1, -0.05) is 23.7 Å². The minimum absolute atomic E-state index is 0.0231. The molecule has 21 heavy (non-hydrogen) atoms. The van der Waals surface area contributed by atoms with E-state index < -0.39 is 10.8 Å². The number of halogens is 1. The van der Waals surface area contributed by atoms with Crippen LogP contribution >= 0.6 is 11.6 Å². The zero-order chi connectivity index (χ0) is 15.2. The Kier molecular flexibility index (Phi) is 4.68. The molecule has 0 atom stereocenters. The smallest absolute Gasteiger partial charge is 0.310 e. The van der Waals surface area contributed by atoms with Crippen LogP contribution in [0.3, 0.4) is 0 Å². The number of amides is 1. The number of pyridine rings is 1. The van der Waals surface area contributed by atoms with Crippen molar-refractivity contribution in [2.75, 3.05) is 11.9 Å². The molecule has 0 fully saturated rings. The lowest BCUT2D eigenvalue weighted by molar-refractivity contribution is -0.385. The minimum atomic E-state index is -0.578. The number of nitro groups is 1. The Morgan fingerprint density at radius 3 is 2.81 bits per heavy atom. The topological polar surface area (TPSA) is 94.4 Å². The number of ether oxygens (including phenoxy) is 1. The summed E-state index contributed by atoms with van der Waals surface area (Å²) in [5.74, 6) is -0.474. The molecule has 0 aliphatic rings. The van der Waals surface area contributed by atoms with Crippen molar-refractivity contribution in [2.24, 2.45) is 0 Å². The number of nitrogens with zero attached hydrogens (tertiary/aromatic N) is 2. The van der Waals surface area contributed by atoms with Crippen LogP contribution in [0.15, 0.2) is 42.6 Å². The van der Waals surface area contributed by atoms with E-state index in [2.05, 4.69) is 10.3 Å². The normalized spacial score (nSPS) is 9.95. The van der Waals surface area contributed by atoms with Crippen LogP contribution in [0.4, 0.5) is 11.4 Å². The summed E-state index contributed by atoms with van der Waals surface area (Å²) < 4.78 is 5.16. The summed E-state index contributed by atoms with van der Waals surface area (Å²) in [6.07, 6.45) is 1.49. The lowest BCUT2D eigenvalue weighted by Crippen LogP contribution is -2.20. The average molecular weight is 308 g/mol. The van der Waals surface area contributed by atoms with Crippen molar-refractivity contribution < 1.29 is 14.5 Å². The standard InChI is InChI=1S/C13H10ClN3O4/c14-13-9(4-3-7-15-13)16-12(18)8-21-11-6-2-1-5-10(11)17(19)20/h1-7H,8H2,(H,16,18). The Hall–Kier alpha value is -2.67. The van der Waals surface area contributed by atoms with Crippen LogP contribution in [-0.2, 0) is 4.79 Å². The summed E-state index contributed by atoms with van der Waals surface area (Å²) >= 11 is 5.80. The van der Waals surface area contributed by atoms with Gasteiger partial charge in [-0.05, 0) is 18.2 Å². The van der Waals surface area contributed by atoms with Crippen LogP contribution in [0.1, 0.15) is 0 Å². The number of nitrogens with one attached hydrogen (secondary N) is 1. The molecule has 1 amide bonds. The van der Waals surface area contributed by atoms with E-state index in [1.54, 1.807) is 18.2 Å². The van der Waals surface area contributed by atoms with E-state index in [1.165, 1.54) is 24.4 Å². The molecule has 2 aromatic rings. The van der Waals surface area contributed by atoms with E-state index >= 15 is 0 Å². The fourth-order valence-corrected chi connectivity index (χ4v) is 1.71. The highest BCUT2D eigenvalue weighted by molar-refractivity contribution is 6.32. The monoisotopic (exact) mass is 307 g/mol. The van der Waals surface area contributed by atoms with E-state index in [9.17, 15) is 14.9 Å². The first-order valence-electron chi connectivity index (χ1n) is 5.84. The molecule has 0 unspecified atom stereocenters. The number of aromatic nitrogens is 1. The second kappa shape index (κ2) is 6.67. The van der Waals surface area contributed by atoms with Crippen LogP contribution in [0.5, 0.6) is 5.75 Å². The number of hydrogen-bond acceptors (Lipinski definition) is 5. The lowest BCUT2D eigenvalue weighted by atomic mass is 10.3. The molecule has 2 rings (SSSR count). The predicted molar refractivity (Wildman–Crippen MR) is 76.5 cm³/mol. The van der Waals surface area contributed by atoms with Gasteiger partial charge in [-0.3, -0.25) is 14.9 Å². The minimum Gasteiger partial charge on any atom is -0.477 e. The molecule has 0 aliphatic heterocycles. The molecule has 1 aromatic heterocycles. The molecular weight excluding hydrogens is 298 g/mol. The first-order valence-corrected chi connectivity index (χ1v) is 6.22. The molecule has 0 bridgehead atoms. The summed E-state index contributed by atoms with van der Waals surface area (Å²) in [7, 11) is 0. The van der Waals surface area contributed by atoms with Gasteiger partial charge in [0, 0.05) is 12.3 Å². The van der Waals surface area contributed by atoms with E-state index in [0.717, 1.165) is 0 Å². The van der Waals surface area contributed by atoms with Crippen molar-refractivity contribution in [3.05, 3.63) is 57.9 Å². The van der Waals surface area contributed by atoms with Crippen LogP contribution in [-0.4, -0.2) is 22.4 Å². The number of rotatable bonds is 5. The zero-order valence-electron chi connectivity index (χ0n) is 10.7. The number of carbonyl (C=O) groups is 1. The van der Waals surface area contributed by atoms with Crippen molar-refractivity contribution >= 4 is 28.9 Å². The maximum absolute atomic E-state index is 11.7. The predicted octanol–water partition coefficient (Wildman–Crippen LogP) is 2.66. The van der Waals surface area contributed by atoms with Gasteiger partial charge < -0.3 is 10.1 Å². The van der Waals surface area contributed by atoms with E-state index in [0.29, 0.717) is 5.69 Å². The molecule has 0 spiro atoms. The second-order valence-corrected chi connectivity index (χ2v) is 4.26. The van der Waals surface area contributed by atoms with Gasteiger partial charge in [0.2, 0.25) is 0 Å². The van der Waals surface area contributed by atoms with Crippen molar-refractivity contribution in [1.82, 2.24) is 4.98 Å². The first-order chi connectivity index (χ1) is 10.1. The van der Waals surface area contributed by atoms with Gasteiger partial charge in [-0.15, -0.1) is 0 Å². The average Bonchev–Trinajstić information content (AvgIpc) is 2.48. The molecule has 108 valence electrons. The molecule has 0 radical (unpaired) electrons. The van der Waals surface area contributed by atoms with Crippen LogP contribution < -0.4 is 10.1 Å². The maximum Gasteiger partial charge on any atom is 0.310 e. The molecule has 0 saturated carbocycles. The molecular formula is C13H10ClN3O4. The fraction of sp³-hybridized carbons (Fsp3) is 0.0769. The number of anilines is 1. The van der Waals surface area contributed by atoms with E-state index in [4.69, 9.17) is 16.3 Å².